The fraction of sp³-hybridized carbons (Fsp3) is 0.0769. The van der Waals surface area contributed by atoms with Crippen molar-refractivity contribution in [3.8, 4) is 5.75 Å². The topological polar surface area (TPSA) is 65.2 Å². The number of hydrogen-bond donors (Lipinski definition) is 1. The van der Waals surface area contributed by atoms with Crippen LogP contribution in [0.4, 0.5) is 4.39 Å². The van der Waals surface area contributed by atoms with Crippen LogP contribution in [0.2, 0.25) is 0 Å². The molecule has 2 rings (SSSR count). The third-order valence-corrected chi connectivity index (χ3v) is 2.36. The Morgan fingerprint density at radius 1 is 1.39 bits per heavy atom. The molecule has 92 valence electrons. The number of carbonyl (C=O) groups is 1. The van der Waals surface area contributed by atoms with E-state index in [9.17, 15) is 9.18 Å². The lowest BCUT2D eigenvalue weighted by molar-refractivity contribution is 0.1000. The predicted octanol–water partition coefficient (Wildman–Crippen LogP) is 1.90. The Hall–Kier alpha value is -2.43. The van der Waals surface area contributed by atoms with Gasteiger partial charge in [-0.25, -0.2) is 4.39 Å². The first-order valence-corrected chi connectivity index (χ1v) is 5.28. The van der Waals surface area contributed by atoms with Gasteiger partial charge >= 0.3 is 0 Å². The second-order valence-electron chi connectivity index (χ2n) is 3.65. The van der Waals surface area contributed by atoms with Crippen molar-refractivity contribution >= 4 is 5.91 Å². The summed E-state index contributed by atoms with van der Waals surface area (Å²) in [4.78, 5) is 14.9. The molecule has 5 heteroatoms. The number of aromatic nitrogens is 1. The van der Waals surface area contributed by atoms with Gasteiger partial charge in [-0.3, -0.25) is 9.78 Å². The van der Waals surface area contributed by atoms with Crippen molar-refractivity contribution in [3.05, 3.63) is 59.7 Å². The van der Waals surface area contributed by atoms with E-state index in [4.69, 9.17) is 10.5 Å². The number of pyridine rings is 1. The van der Waals surface area contributed by atoms with Crippen LogP contribution in [0.3, 0.4) is 0 Å². The molecular weight excluding hydrogens is 235 g/mol. The lowest BCUT2D eigenvalue weighted by Gasteiger charge is -2.07. The van der Waals surface area contributed by atoms with E-state index in [0.717, 1.165) is 0 Å². The van der Waals surface area contributed by atoms with Crippen molar-refractivity contribution in [2.75, 3.05) is 0 Å². The minimum atomic E-state index is -0.599. The third-order valence-electron chi connectivity index (χ3n) is 2.36. The number of benzene rings is 1. The highest BCUT2D eigenvalue weighted by Crippen LogP contribution is 2.14. The van der Waals surface area contributed by atoms with Gasteiger partial charge in [-0.15, -0.1) is 0 Å². The van der Waals surface area contributed by atoms with Crippen LogP contribution in [0.1, 0.15) is 15.9 Å². The van der Waals surface area contributed by atoms with Crippen LogP contribution in [0.5, 0.6) is 5.75 Å². The highest BCUT2D eigenvalue weighted by molar-refractivity contribution is 5.92. The van der Waals surface area contributed by atoms with Crippen LogP contribution in [-0.4, -0.2) is 10.9 Å². The maximum absolute atomic E-state index is 13.5. The average Bonchev–Trinajstić information content (AvgIpc) is 2.38. The molecule has 0 aliphatic heterocycles. The Kier molecular flexibility index (Phi) is 3.52. The van der Waals surface area contributed by atoms with Crippen LogP contribution in [0.15, 0.2) is 42.7 Å². The summed E-state index contributed by atoms with van der Waals surface area (Å²) in [6, 6.07) is 7.34. The number of primary amides is 1. The van der Waals surface area contributed by atoms with E-state index in [2.05, 4.69) is 4.98 Å². The first kappa shape index (κ1) is 12.0. The van der Waals surface area contributed by atoms with Gasteiger partial charge in [-0.05, 0) is 30.3 Å². The summed E-state index contributed by atoms with van der Waals surface area (Å²) in [6.07, 6.45) is 3.14. The SMILES string of the molecule is NC(=O)c1ccc(F)c(COc2cccnc2)c1. The lowest BCUT2D eigenvalue weighted by Crippen LogP contribution is -2.12. The molecule has 0 aliphatic carbocycles. The van der Waals surface area contributed by atoms with Gasteiger partial charge in [-0.1, -0.05) is 0 Å². The predicted molar refractivity (Wildman–Crippen MR) is 63.5 cm³/mol. The molecule has 2 N–H and O–H groups in total. The minimum Gasteiger partial charge on any atom is -0.487 e. The number of nitrogens with zero attached hydrogens (tertiary/aromatic N) is 1. The highest BCUT2D eigenvalue weighted by atomic mass is 19.1. The van der Waals surface area contributed by atoms with E-state index in [1.807, 2.05) is 0 Å². The molecule has 0 unspecified atom stereocenters. The molecule has 0 aliphatic rings. The molecule has 0 bridgehead atoms. The summed E-state index contributed by atoms with van der Waals surface area (Å²) in [5.74, 6) is -0.511. The molecule has 0 radical (unpaired) electrons. The van der Waals surface area contributed by atoms with Gasteiger partial charge in [-0.2, -0.15) is 0 Å². The largest absolute Gasteiger partial charge is 0.487 e. The van der Waals surface area contributed by atoms with Crippen LogP contribution >= 0.6 is 0 Å². The van der Waals surface area contributed by atoms with Gasteiger partial charge in [0.15, 0.2) is 0 Å². The molecule has 1 amide bonds. The maximum atomic E-state index is 13.5. The van der Waals surface area contributed by atoms with Crippen LogP contribution in [-0.2, 0) is 6.61 Å². The summed E-state index contributed by atoms with van der Waals surface area (Å²) in [5, 5.41) is 0. The van der Waals surface area contributed by atoms with Crippen molar-refractivity contribution in [3.63, 3.8) is 0 Å². The normalized spacial score (nSPS) is 10.1. The molecule has 1 aromatic carbocycles. The summed E-state index contributed by atoms with van der Waals surface area (Å²) in [7, 11) is 0. The van der Waals surface area contributed by atoms with Crippen molar-refractivity contribution in [2.45, 2.75) is 6.61 Å². The zero-order valence-electron chi connectivity index (χ0n) is 9.47. The molecule has 1 aromatic heterocycles. The first-order valence-electron chi connectivity index (χ1n) is 5.28. The standard InChI is InChI=1S/C13H11FN2O2/c14-12-4-3-9(13(15)17)6-10(12)8-18-11-2-1-5-16-7-11/h1-7H,8H2,(H2,15,17). The van der Waals surface area contributed by atoms with E-state index < -0.39 is 11.7 Å². The van der Waals surface area contributed by atoms with Crippen LogP contribution in [0.25, 0.3) is 0 Å². The molecule has 0 fully saturated rings. The van der Waals surface area contributed by atoms with E-state index >= 15 is 0 Å². The van der Waals surface area contributed by atoms with Gasteiger partial charge in [0.1, 0.15) is 18.2 Å². The number of ether oxygens (including phenoxy) is 1. The molecule has 18 heavy (non-hydrogen) atoms. The summed E-state index contributed by atoms with van der Waals surface area (Å²) >= 11 is 0. The maximum Gasteiger partial charge on any atom is 0.248 e. The van der Waals surface area contributed by atoms with Gasteiger partial charge in [0.05, 0.1) is 6.20 Å². The van der Waals surface area contributed by atoms with E-state index in [-0.39, 0.29) is 17.7 Å². The zero-order valence-corrected chi connectivity index (χ0v) is 9.47. The van der Waals surface area contributed by atoms with Gasteiger partial charge in [0.25, 0.3) is 0 Å². The lowest BCUT2D eigenvalue weighted by atomic mass is 10.1. The van der Waals surface area contributed by atoms with Crippen molar-refractivity contribution in [2.24, 2.45) is 5.73 Å². The fourth-order valence-electron chi connectivity index (χ4n) is 1.43. The Morgan fingerprint density at radius 2 is 2.22 bits per heavy atom. The van der Waals surface area contributed by atoms with Crippen molar-refractivity contribution in [1.82, 2.24) is 4.98 Å². The number of rotatable bonds is 4. The quantitative estimate of drug-likeness (QED) is 0.896. The van der Waals surface area contributed by atoms with E-state index in [1.54, 1.807) is 18.3 Å². The molecule has 0 saturated carbocycles. The molecule has 0 saturated heterocycles. The van der Waals surface area contributed by atoms with Gasteiger partial charge in [0, 0.05) is 17.3 Å². The summed E-state index contributed by atoms with van der Waals surface area (Å²) in [6.45, 7) is 0.0125. The van der Waals surface area contributed by atoms with Crippen molar-refractivity contribution < 1.29 is 13.9 Å². The monoisotopic (exact) mass is 246 g/mol. The summed E-state index contributed by atoms with van der Waals surface area (Å²) < 4.78 is 18.8. The summed E-state index contributed by atoms with van der Waals surface area (Å²) in [5.41, 5.74) is 5.65. The zero-order chi connectivity index (χ0) is 13.0. The second-order valence-corrected chi connectivity index (χ2v) is 3.65. The number of nitrogens with two attached hydrogens (primary N) is 1. The smallest absolute Gasteiger partial charge is 0.248 e. The Labute approximate surface area is 103 Å². The number of hydrogen-bond acceptors (Lipinski definition) is 3. The average molecular weight is 246 g/mol. The number of halogens is 1. The molecule has 0 spiro atoms. The first-order chi connectivity index (χ1) is 8.66. The van der Waals surface area contributed by atoms with E-state index in [1.165, 1.54) is 24.4 Å². The Bertz CT molecular complexity index is 558. The van der Waals surface area contributed by atoms with Gasteiger partial charge < -0.3 is 10.5 Å². The van der Waals surface area contributed by atoms with Gasteiger partial charge in [0.2, 0.25) is 5.91 Å². The number of amides is 1. The van der Waals surface area contributed by atoms with Crippen LogP contribution in [0, 0.1) is 5.82 Å². The molecule has 0 atom stereocenters. The van der Waals surface area contributed by atoms with E-state index in [0.29, 0.717) is 5.75 Å². The Morgan fingerprint density at radius 3 is 2.89 bits per heavy atom. The van der Waals surface area contributed by atoms with Crippen LogP contribution < -0.4 is 10.5 Å². The molecule has 1 heterocycles. The number of carbonyl (C=O) groups excluding carboxylic acids is 1. The minimum absolute atomic E-state index is 0.0125. The second kappa shape index (κ2) is 5.27. The Balaban J connectivity index is 2.14. The third kappa shape index (κ3) is 2.82. The molecular formula is C13H11FN2O2. The van der Waals surface area contributed by atoms with Crippen molar-refractivity contribution in [1.29, 1.82) is 0 Å². The highest BCUT2D eigenvalue weighted by Gasteiger charge is 2.07. The molecule has 2 aromatic rings. The fourth-order valence-corrected chi connectivity index (χ4v) is 1.43. The molecule has 4 nitrogen and oxygen atoms in total.